The zero-order valence-corrected chi connectivity index (χ0v) is 16.4. The Balaban J connectivity index is 1.78. The Hall–Kier alpha value is -2.07. The number of Topliss-reactive ketones (excluding diaryl/α,β-unsaturated/α-hetero) is 1. The van der Waals surface area contributed by atoms with Crippen molar-refractivity contribution < 1.29 is 4.79 Å². The van der Waals surface area contributed by atoms with Gasteiger partial charge in [0.25, 0.3) is 0 Å². The van der Waals surface area contributed by atoms with Crippen molar-refractivity contribution in [3.8, 4) is 0 Å². The maximum Gasteiger partial charge on any atom is 0.174 e. The molecule has 1 heterocycles. The molecule has 2 nitrogen and oxygen atoms in total. The number of carbonyl (C=O) groups excluding carboxylic acids is 1. The van der Waals surface area contributed by atoms with E-state index in [0.717, 1.165) is 33.0 Å². The number of halogens is 2. The average Bonchev–Trinajstić information content (AvgIpc) is 2.85. The number of carbonyl (C=O) groups is 1. The number of rotatable bonds is 1. The van der Waals surface area contributed by atoms with E-state index in [0.29, 0.717) is 10.0 Å². The van der Waals surface area contributed by atoms with Gasteiger partial charge in [0.05, 0.1) is 22.6 Å². The summed E-state index contributed by atoms with van der Waals surface area (Å²) >= 11 is 14.4. The van der Waals surface area contributed by atoms with E-state index in [1.165, 1.54) is 0 Å². The molecule has 2 aliphatic rings. The number of aliphatic imine (C=N–C) groups is 1. The lowest BCUT2D eigenvalue weighted by molar-refractivity contribution is 0.0960. The van der Waals surface area contributed by atoms with Gasteiger partial charge in [0.15, 0.2) is 5.78 Å². The maximum atomic E-state index is 13.3. The van der Waals surface area contributed by atoms with Crippen molar-refractivity contribution in [2.24, 2.45) is 10.9 Å². The minimum Gasteiger partial charge on any atom is -0.293 e. The number of para-hydroxylation sites is 1. The first-order valence-corrected chi connectivity index (χ1v) is 10.2. The van der Waals surface area contributed by atoms with Crippen LogP contribution >= 0.6 is 35.0 Å². The van der Waals surface area contributed by atoms with Crippen LogP contribution in [0.1, 0.15) is 26.7 Å². The van der Waals surface area contributed by atoms with E-state index >= 15 is 0 Å². The molecule has 0 amide bonds. The summed E-state index contributed by atoms with van der Waals surface area (Å²) in [7, 11) is 0. The summed E-state index contributed by atoms with van der Waals surface area (Å²) in [6, 6.07) is 21.1. The number of hydrogen-bond acceptors (Lipinski definition) is 3. The van der Waals surface area contributed by atoms with Gasteiger partial charge in [0.2, 0.25) is 0 Å². The van der Waals surface area contributed by atoms with E-state index in [1.807, 2.05) is 54.6 Å². The van der Waals surface area contributed by atoms with Crippen LogP contribution < -0.4 is 0 Å². The third kappa shape index (κ3) is 2.73. The lowest BCUT2D eigenvalue weighted by Gasteiger charge is -2.22. The minimum atomic E-state index is -0.393. The lowest BCUT2D eigenvalue weighted by atomic mass is 9.93. The van der Waals surface area contributed by atoms with Gasteiger partial charge >= 0.3 is 0 Å². The summed E-state index contributed by atoms with van der Waals surface area (Å²) in [5, 5.41) is 1.02. The largest absolute Gasteiger partial charge is 0.293 e. The van der Waals surface area contributed by atoms with Gasteiger partial charge in [0, 0.05) is 26.1 Å². The molecule has 0 unspecified atom stereocenters. The van der Waals surface area contributed by atoms with Gasteiger partial charge in [-0.1, -0.05) is 59.6 Å². The standard InChI is InChI=1S/C22H13Cl2NOS/c23-12-9-10-16(24)15(11-12)22-19-20(13-5-1-2-6-14(13)21(19)26)25-17-7-3-4-8-18(17)27-22/h1-11,19,22H/t19-,22-/m1/s1. The van der Waals surface area contributed by atoms with Gasteiger partial charge in [-0.2, -0.15) is 0 Å². The topological polar surface area (TPSA) is 29.4 Å². The molecule has 0 bridgehead atoms. The highest BCUT2D eigenvalue weighted by Gasteiger charge is 2.44. The first-order valence-electron chi connectivity index (χ1n) is 8.56. The van der Waals surface area contributed by atoms with Crippen molar-refractivity contribution in [3.63, 3.8) is 0 Å². The maximum absolute atomic E-state index is 13.3. The summed E-state index contributed by atoms with van der Waals surface area (Å²) in [5.74, 6) is -0.304. The lowest BCUT2D eigenvalue weighted by Crippen LogP contribution is -2.22. The third-order valence-electron chi connectivity index (χ3n) is 4.97. The monoisotopic (exact) mass is 409 g/mol. The molecule has 0 fully saturated rings. The summed E-state index contributed by atoms with van der Waals surface area (Å²) in [5.41, 5.74) is 4.20. The van der Waals surface area contributed by atoms with Crippen LogP contribution in [0.3, 0.4) is 0 Å². The van der Waals surface area contributed by atoms with E-state index in [2.05, 4.69) is 0 Å². The molecular formula is C22H13Cl2NOS. The normalized spacial score (nSPS) is 20.4. The molecule has 5 rings (SSSR count). The highest BCUT2D eigenvalue weighted by atomic mass is 35.5. The third-order valence-corrected chi connectivity index (χ3v) is 6.93. The number of thioether (sulfide) groups is 1. The smallest absolute Gasteiger partial charge is 0.174 e. The van der Waals surface area contributed by atoms with Crippen LogP contribution in [0.25, 0.3) is 0 Å². The second-order valence-electron chi connectivity index (χ2n) is 6.56. The Kier molecular flexibility index (Phi) is 4.12. The van der Waals surface area contributed by atoms with Gasteiger partial charge in [-0.3, -0.25) is 9.79 Å². The van der Waals surface area contributed by atoms with E-state index < -0.39 is 5.92 Å². The molecule has 0 N–H and O–H groups in total. The molecule has 0 saturated carbocycles. The number of hydrogen-bond donors (Lipinski definition) is 0. The van der Waals surface area contributed by atoms with Crippen LogP contribution in [0.2, 0.25) is 10.0 Å². The Labute approximate surface area is 171 Å². The molecular weight excluding hydrogens is 397 g/mol. The fourth-order valence-corrected chi connectivity index (χ4v) is 5.61. The van der Waals surface area contributed by atoms with Crippen LogP contribution in [-0.4, -0.2) is 11.5 Å². The van der Waals surface area contributed by atoms with Crippen LogP contribution in [0.4, 0.5) is 5.69 Å². The van der Waals surface area contributed by atoms with Crippen molar-refractivity contribution in [1.29, 1.82) is 0 Å². The fraction of sp³-hybridized carbons (Fsp3) is 0.0909. The molecule has 0 radical (unpaired) electrons. The number of benzene rings is 3. The summed E-state index contributed by atoms with van der Waals surface area (Å²) in [6.07, 6.45) is 0. The average molecular weight is 410 g/mol. The summed E-state index contributed by atoms with van der Waals surface area (Å²) < 4.78 is 0. The molecule has 0 saturated heterocycles. The van der Waals surface area contributed by atoms with Gasteiger partial charge in [-0.15, -0.1) is 11.8 Å². The predicted octanol–water partition coefficient (Wildman–Crippen LogP) is 6.77. The summed E-state index contributed by atoms with van der Waals surface area (Å²) in [6.45, 7) is 0. The first-order chi connectivity index (χ1) is 13.1. The van der Waals surface area contributed by atoms with Gasteiger partial charge in [0.1, 0.15) is 0 Å². The zero-order valence-electron chi connectivity index (χ0n) is 14.0. The molecule has 3 aromatic rings. The highest BCUT2D eigenvalue weighted by molar-refractivity contribution is 7.99. The number of ketones is 1. The van der Waals surface area contributed by atoms with Crippen LogP contribution in [-0.2, 0) is 0 Å². The molecule has 2 atom stereocenters. The molecule has 1 aliphatic heterocycles. The zero-order chi connectivity index (χ0) is 18.5. The minimum absolute atomic E-state index is 0.0886. The molecule has 27 heavy (non-hydrogen) atoms. The van der Waals surface area contributed by atoms with E-state index in [1.54, 1.807) is 23.9 Å². The van der Waals surface area contributed by atoms with Crippen LogP contribution in [0.5, 0.6) is 0 Å². The molecule has 0 spiro atoms. The molecule has 1 aliphatic carbocycles. The van der Waals surface area contributed by atoms with Crippen LogP contribution in [0, 0.1) is 5.92 Å². The van der Waals surface area contributed by atoms with Crippen molar-refractivity contribution in [1.82, 2.24) is 0 Å². The van der Waals surface area contributed by atoms with Crippen LogP contribution in [0.15, 0.2) is 76.6 Å². The summed E-state index contributed by atoms with van der Waals surface area (Å²) in [4.78, 5) is 19.3. The molecule has 0 aromatic heterocycles. The molecule has 5 heteroatoms. The molecule has 132 valence electrons. The van der Waals surface area contributed by atoms with Crippen molar-refractivity contribution in [2.75, 3.05) is 0 Å². The fourth-order valence-electron chi connectivity index (χ4n) is 3.75. The van der Waals surface area contributed by atoms with E-state index in [-0.39, 0.29) is 11.0 Å². The van der Waals surface area contributed by atoms with E-state index in [9.17, 15) is 4.79 Å². The second-order valence-corrected chi connectivity index (χ2v) is 8.58. The Bertz CT molecular complexity index is 1120. The number of fused-ring (bicyclic) bond motifs is 4. The van der Waals surface area contributed by atoms with Gasteiger partial charge in [-0.25, -0.2) is 0 Å². The quantitative estimate of drug-likeness (QED) is 0.443. The van der Waals surface area contributed by atoms with Gasteiger partial charge < -0.3 is 0 Å². The number of nitrogens with zero attached hydrogens (tertiary/aromatic N) is 1. The molecule has 3 aromatic carbocycles. The van der Waals surface area contributed by atoms with Crippen molar-refractivity contribution in [2.45, 2.75) is 10.1 Å². The Morgan fingerprint density at radius 1 is 0.889 bits per heavy atom. The first kappa shape index (κ1) is 17.1. The predicted molar refractivity (Wildman–Crippen MR) is 112 cm³/mol. The highest BCUT2D eigenvalue weighted by Crippen LogP contribution is 2.52. The van der Waals surface area contributed by atoms with Crippen molar-refractivity contribution in [3.05, 3.63) is 93.5 Å². The Morgan fingerprint density at radius 3 is 2.48 bits per heavy atom. The van der Waals surface area contributed by atoms with Crippen molar-refractivity contribution >= 4 is 52.1 Å². The van der Waals surface area contributed by atoms with E-state index in [4.69, 9.17) is 28.2 Å². The second kappa shape index (κ2) is 6.52. The SMILES string of the molecule is O=C1c2ccccc2C2=Nc3ccccc3S[C@H](c3cc(Cl)ccc3Cl)[C@@H]12. The van der Waals surface area contributed by atoms with Gasteiger partial charge in [-0.05, 0) is 35.9 Å². The Morgan fingerprint density at radius 2 is 1.63 bits per heavy atom.